The standard InChI is InChI=1S/C14H20ClNO3/c1-3-5-13(14(17)18-4-2)19-12-7-6-11(15)8-10(12)9-16/h6-8,13H,3-5,9,16H2,1-2H3. The van der Waals surface area contributed by atoms with Crippen LogP contribution in [0.4, 0.5) is 0 Å². The van der Waals surface area contributed by atoms with Crippen LogP contribution in [0.2, 0.25) is 5.02 Å². The zero-order chi connectivity index (χ0) is 14.3. The van der Waals surface area contributed by atoms with Crippen molar-refractivity contribution < 1.29 is 14.3 Å². The summed E-state index contributed by atoms with van der Waals surface area (Å²) in [5.41, 5.74) is 6.42. The molecule has 0 aliphatic carbocycles. The number of halogens is 1. The highest BCUT2D eigenvalue weighted by Crippen LogP contribution is 2.24. The third kappa shape index (κ3) is 4.73. The predicted molar refractivity (Wildman–Crippen MR) is 75.3 cm³/mol. The summed E-state index contributed by atoms with van der Waals surface area (Å²) in [6, 6.07) is 5.18. The minimum Gasteiger partial charge on any atom is -0.478 e. The van der Waals surface area contributed by atoms with Crippen LogP contribution in [-0.4, -0.2) is 18.7 Å². The molecule has 1 atom stereocenters. The van der Waals surface area contributed by atoms with Crippen LogP contribution in [0.25, 0.3) is 0 Å². The molecule has 4 nitrogen and oxygen atoms in total. The Morgan fingerprint density at radius 1 is 1.42 bits per heavy atom. The summed E-state index contributed by atoms with van der Waals surface area (Å²) in [5, 5.41) is 0.593. The zero-order valence-corrected chi connectivity index (χ0v) is 12.1. The first-order valence-corrected chi connectivity index (χ1v) is 6.81. The van der Waals surface area contributed by atoms with Crippen LogP contribution >= 0.6 is 11.6 Å². The monoisotopic (exact) mass is 285 g/mol. The topological polar surface area (TPSA) is 61.5 Å². The van der Waals surface area contributed by atoms with Gasteiger partial charge in [0.1, 0.15) is 5.75 Å². The molecule has 1 rings (SSSR count). The van der Waals surface area contributed by atoms with Gasteiger partial charge in [-0.15, -0.1) is 0 Å². The molecule has 0 radical (unpaired) electrons. The largest absolute Gasteiger partial charge is 0.478 e. The van der Waals surface area contributed by atoms with E-state index in [9.17, 15) is 4.79 Å². The molecule has 1 aromatic rings. The van der Waals surface area contributed by atoms with Crippen LogP contribution in [0.5, 0.6) is 5.75 Å². The maximum atomic E-state index is 11.8. The van der Waals surface area contributed by atoms with E-state index in [1.165, 1.54) is 0 Å². The number of hydrogen-bond donors (Lipinski definition) is 1. The fourth-order valence-electron chi connectivity index (χ4n) is 1.70. The van der Waals surface area contributed by atoms with Crippen LogP contribution in [0.3, 0.4) is 0 Å². The van der Waals surface area contributed by atoms with Gasteiger partial charge in [0.05, 0.1) is 6.61 Å². The number of ether oxygens (including phenoxy) is 2. The lowest BCUT2D eigenvalue weighted by molar-refractivity contribution is -0.151. The minimum atomic E-state index is -0.601. The Balaban J connectivity index is 2.86. The highest BCUT2D eigenvalue weighted by molar-refractivity contribution is 6.30. The van der Waals surface area contributed by atoms with Crippen molar-refractivity contribution in [1.29, 1.82) is 0 Å². The van der Waals surface area contributed by atoms with E-state index in [1.54, 1.807) is 25.1 Å². The van der Waals surface area contributed by atoms with E-state index in [-0.39, 0.29) is 5.97 Å². The molecule has 0 saturated carbocycles. The Morgan fingerprint density at radius 3 is 2.74 bits per heavy atom. The second-order valence-electron chi connectivity index (χ2n) is 4.10. The predicted octanol–water partition coefficient (Wildman–Crippen LogP) is 2.91. The molecule has 2 N–H and O–H groups in total. The van der Waals surface area contributed by atoms with Crippen molar-refractivity contribution in [2.24, 2.45) is 5.73 Å². The van der Waals surface area contributed by atoms with Gasteiger partial charge in [-0.05, 0) is 31.5 Å². The van der Waals surface area contributed by atoms with Crippen molar-refractivity contribution in [1.82, 2.24) is 0 Å². The van der Waals surface area contributed by atoms with Crippen LogP contribution in [-0.2, 0) is 16.1 Å². The number of carbonyl (C=O) groups excluding carboxylic acids is 1. The number of benzene rings is 1. The summed E-state index contributed by atoms with van der Waals surface area (Å²) in [7, 11) is 0. The summed E-state index contributed by atoms with van der Waals surface area (Å²) < 4.78 is 10.7. The van der Waals surface area contributed by atoms with E-state index in [0.717, 1.165) is 12.0 Å². The quantitative estimate of drug-likeness (QED) is 0.783. The van der Waals surface area contributed by atoms with Gasteiger partial charge in [0.15, 0.2) is 6.10 Å². The molecule has 0 fully saturated rings. The summed E-state index contributed by atoms with van der Waals surface area (Å²) in [5.74, 6) is 0.237. The molecule has 1 unspecified atom stereocenters. The SMILES string of the molecule is CCCC(Oc1ccc(Cl)cc1CN)C(=O)OCC. The average Bonchev–Trinajstić information content (AvgIpc) is 2.40. The molecule has 0 bridgehead atoms. The lowest BCUT2D eigenvalue weighted by atomic mass is 10.1. The molecule has 19 heavy (non-hydrogen) atoms. The summed E-state index contributed by atoms with van der Waals surface area (Å²) in [6.45, 7) is 4.40. The van der Waals surface area contributed by atoms with Crippen molar-refractivity contribution in [3.8, 4) is 5.75 Å². The fraction of sp³-hybridized carbons (Fsp3) is 0.500. The van der Waals surface area contributed by atoms with E-state index in [4.69, 9.17) is 26.8 Å². The molecule has 5 heteroatoms. The van der Waals surface area contributed by atoms with Crippen molar-refractivity contribution in [2.75, 3.05) is 6.61 Å². The Kier molecular flexibility index (Phi) is 6.67. The molecule has 0 amide bonds. The molecule has 0 spiro atoms. The van der Waals surface area contributed by atoms with Gasteiger partial charge in [0.2, 0.25) is 0 Å². The van der Waals surface area contributed by atoms with E-state index < -0.39 is 6.10 Å². The normalized spacial score (nSPS) is 12.0. The number of rotatable bonds is 7. The van der Waals surface area contributed by atoms with Crippen molar-refractivity contribution in [3.63, 3.8) is 0 Å². The Bertz CT molecular complexity index is 423. The van der Waals surface area contributed by atoms with Gasteiger partial charge < -0.3 is 15.2 Å². The second kappa shape index (κ2) is 8.02. The van der Waals surface area contributed by atoms with Gasteiger partial charge in [-0.3, -0.25) is 0 Å². The van der Waals surface area contributed by atoms with Crippen LogP contribution < -0.4 is 10.5 Å². The molecule has 0 aromatic heterocycles. The van der Waals surface area contributed by atoms with Crippen molar-refractivity contribution in [3.05, 3.63) is 28.8 Å². The Hall–Kier alpha value is -1.26. The Labute approximate surface area is 118 Å². The summed E-state index contributed by atoms with van der Waals surface area (Å²) >= 11 is 5.90. The van der Waals surface area contributed by atoms with Crippen LogP contribution in [0, 0.1) is 0 Å². The molecular weight excluding hydrogens is 266 g/mol. The average molecular weight is 286 g/mol. The van der Waals surface area contributed by atoms with E-state index >= 15 is 0 Å². The lowest BCUT2D eigenvalue weighted by Gasteiger charge is -2.19. The molecule has 106 valence electrons. The highest BCUT2D eigenvalue weighted by Gasteiger charge is 2.21. The third-order valence-corrected chi connectivity index (χ3v) is 2.85. The molecule has 0 aliphatic rings. The van der Waals surface area contributed by atoms with Gasteiger partial charge in [-0.2, -0.15) is 0 Å². The summed E-state index contributed by atoms with van der Waals surface area (Å²) in [4.78, 5) is 11.8. The lowest BCUT2D eigenvalue weighted by Crippen LogP contribution is -2.29. The van der Waals surface area contributed by atoms with Gasteiger partial charge in [-0.1, -0.05) is 24.9 Å². The number of nitrogens with two attached hydrogens (primary N) is 1. The van der Waals surface area contributed by atoms with E-state index in [1.807, 2.05) is 6.92 Å². The van der Waals surface area contributed by atoms with Gasteiger partial charge in [0, 0.05) is 17.1 Å². The van der Waals surface area contributed by atoms with Gasteiger partial charge in [0.25, 0.3) is 0 Å². The van der Waals surface area contributed by atoms with Crippen LogP contribution in [0.15, 0.2) is 18.2 Å². The van der Waals surface area contributed by atoms with Crippen LogP contribution in [0.1, 0.15) is 32.3 Å². The van der Waals surface area contributed by atoms with Gasteiger partial charge in [-0.25, -0.2) is 4.79 Å². The Morgan fingerprint density at radius 2 is 2.16 bits per heavy atom. The number of hydrogen-bond acceptors (Lipinski definition) is 4. The van der Waals surface area contributed by atoms with Crippen molar-refractivity contribution in [2.45, 2.75) is 39.3 Å². The first-order chi connectivity index (χ1) is 9.12. The maximum absolute atomic E-state index is 11.8. The van der Waals surface area contributed by atoms with Crippen molar-refractivity contribution >= 4 is 17.6 Å². The minimum absolute atomic E-state index is 0.303. The summed E-state index contributed by atoms with van der Waals surface area (Å²) in [6.07, 6.45) is 0.831. The first-order valence-electron chi connectivity index (χ1n) is 6.44. The zero-order valence-electron chi connectivity index (χ0n) is 11.3. The fourth-order valence-corrected chi connectivity index (χ4v) is 1.89. The highest BCUT2D eigenvalue weighted by atomic mass is 35.5. The molecular formula is C14H20ClNO3. The molecule has 1 aromatic carbocycles. The third-order valence-electron chi connectivity index (χ3n) is 2.61. The van der Waals surface area contributed by atoms with Gasteiger partial charge >= 0.3 is 5.97 Å². The maximum Gasteiger partial charge on any atom is 0.347 e. The first kappa shape index (κ1) is 15.8. The van der Waals surface area contributed by atoms with E-state index in [2.05, 4.69) is 0 Å². The molecule has 0 heterocycles. The smallest absolute Gasteiger partial charge is 0.347 e. The van der Waals surface area contributed by atoms with E-state index in [0.29, 0.717) is 30.3 Å². The molecule has 0 saturated heterocycles. The number of esters is 1. The molecule has 0 aliphatic heterocycles. The second-order valence-corrected chi connectivity index (χ2v) is 4.54. The number of carbonyl (C=O) groups is 1.